The van der Waals surface area contributed by atoms with Gasteiger partial charge in [-0.05, 0) is 62.4 Å². The lowest BCUT2D eigenvalue weighted by atomic mass is 10.0. The monoisotopic (exact) mass is 643 g/mol. The second-order valence-electron chi connectivity index (χ2n) is 11.4. The molecular weight excluding hydrogens is 603 g/mol. The SMILES string of the molecule is CC/C=C(\O/C(C(=O)Nc1ccc(N2CCN(C(=O)Nc3ccccc3C(N)=O)CC2)nc1)=C(\C)C(F)(F)F)N1CCCC(C)C1. The smallest absolute Gasteiger partial charge is 0.416 e. The molecule has 0 radical (unpaired) electrons. The van der Waals surface area contributed by atoms with E-state index in [9.17, 15) is 27.6 Å². The standard InChI is InChI=1S/C32H40F3N7O4/c1-4-8-27(42-14-7-9-21(2)20-42)46-28(22(3)32(33,34)35)30(44)38-23-12-13-26(37-19-23)40-15-17-41(18-16-40)31(45)39-25-11-6-5-10-24(25)29(36)43/h5-6,8,10-13,19,21H,4,7,9,14-18,20H2,1-3H3,(H2,36,43)(H,38,44)(H,39,45)/b27-8-,28-22+. The van der Waals surface area contributed by atoms with Crippen LogP contribution in [-0.2, 0) is 9.53 Å². The maximum Gasteiger partial charge on any atom is 0.416 e. The maximum absolute atomic E-state index is 13.8. The predicted molar refractivity (Wildman–Crippen MR) is 169 cm³/mol. The van der Waals surface area contributed by atoms with Crippen LogP contribution in [0.4, 0.5) is 35.2 Å². The van der Waals surface area contributed by atoms with E-state index in [0.717, 1.165) is 19.8 Å². The summed E-state index contributed by atoms with van der Waals surface area (Å²) in [5.74, 6) is -1.34. The van der Waals surface area contributed by atoms with E-state index < -0.39 is 29.3 Å². The number of carbonyl (C=O) groups is 3. The average Bonchev–Trinajstić information content (AvgIpc) is 3.03. The lowest BCUT2D eigenvalue weighted by Crippen LogP contribution is -2.50. The highest BCUT2D eigenvalue weighted by atomic mass is 19.4. The van der Waals surface area contributed by atoms with Gasteiger partial charge in [-0.25, -0.2) is 9.78 Å². The first-order valence-electron chi connectivity index (χ1n) is 15.3. The number of anilines is 3. The minimum absolute atomic E-state index is 0.198. The molecule has 46 heavy (non-hydrogen) atoms. The molecule has 0 saturated carbocycles. The Morgan fingerprint density at radius 1 is 1.04 bits per heavy atom. The molecule has 4 N–H and O–H groups in total. The van der Waals surface area contributed by atoms with Crippen molar-refractivity contribution in [2.24, 2.45) is 11.7 Å². The Bertz CT molecular complexity index is 1470. The van der Waals surface area contributed by atoms with Crippen LogP contribution >= 0.6 is 0 Å². The minimum atomic E-state index is -4.77. The highest BCUT2D eigenvalue weighted by molar-refractivity contribution is 6.03. The van der Waals surface area contributed by atoms with Gasteiger partial charge in [0.2, 0.25) is 5.76 Å². The van der Waals surface area contributed by atoms with Gasteiger partial charge in [-0.1, -0.05) is 26.0 Å². The predicted octanol–water partition coefficient (Wildman–Crippen LogP) is 5.31. The number of carbonyl (C=O) groups excluding carboxylic acids is 3. The third-order valence-corrected chi connectivity index (χ3v) is 7.86. The number of allylic oxidation sites excluding steroid dienone is 2. The Labute approximate surface area is 266 Å². The summed E-state index contributed by atoms with van der Waals surface area (Å²) in [5.41, 5.74) is 5.00. The molecule has 2 aliphatic heterocycles. The first-order valence-corrected chi connectivity index (χ1v) is 15.3. The number of amides is 4. The summed E-state index contributed by atoms with van der Waals surface area (Å²) in [4.78, 5) is 47.5. The van der Waals surface area contributed by atoms with Crippen molar-refractivity contribution in [3.8, 4) is 0 Å². The molecule has 2 fully saturated rings. The Morgan fingerprint density at radius 2 is 1.76 bits per heavy atom. The number of hydrogen-bond acceptors (Lipinski definition) is 7. The number of halogens is 3. The molecule has 3 heterocycles. The van der Waals surface area contributed by atoms with E-state index in [1.54, 1.807) is 41.3 Å². The number of benzene rings is 1. The summed E-state index contributed by atoms with van der Waals surface area (Å²) >= 11 is 0. The van der Waals surface area contributed by atoms with Gasteiger partial charge in [-0.15, -0.1) is 0 Å². The number of piperidine rings is 1. The molecule has 0 aliphatic carbocycles. The van der Waals surface area contributed by atoms with Crippen LogP contribution < -0.4 is 21.3 Å². The van der Waals surface area contributed by atoms with E-state index in [1.165, 1.54) is 12.3 Å². The zero-order chi connectivity index (χ0) is 33.4. The summed E-state index contributed by atoms with van der Waals surface area (Å²) < 4.78 is 47.2. The molecule has 0 bridgehead atoms. The van der Waals surface area contributed by atoms with E-state index in [-0.39, 0.29) is 23.2 Å². The van der Waals surface area contributed by atoms with Crippen LogP contribution in [0.1, 0.15) is 50.4 Å². The van der Waals surface area contributed by atoms with E-state index >= 15 is 0 Å². The molecule has 0 spiro atoms. The summed E-state index contributed by atoms with van der Waals surface area (Å²) in [7, 11) is 0. The third kappa shape index (κ3) is 8.70. The van der Waals surface area contributed by atoms with Gasteiger partial charge in [0.25, 0.3) is 11.8 Å². The fraction of sp³-hybridized carbons (Fsp3) is 0.438. The zero-order valence-electron chi connectivity index (χ0n) is 26.2. The van der Waals surface area contributed by atoms with E-state index in [4.69, 9.17) is 10.5 Å². The first-order chi connectivity index (χ1) is 21.9. The fourth-order valence-corrected chi connectivity index (χ4v) is 5.30. The van der Waals surface area contributed by atoms with Crippen molar-refractivity contribution in [2.75, 3.05) is 54.8 Å². The molecule has 1 aromatic heterocycles. The molecule has 2 aliphatic rings. The van der Waals surface area contributed by atoms with Crippen LogP contribution in [0.2, 0.25) is 0 Å². The zero-order valence-corrected chi connectivity index (χ0v) is 26.2. The maximum atomic E-state index is 13.8. The number of para-hydroxylation sites is 1. The quantitative estimate of drug-likeness (QED) is 0.249. The fourth-order valence-electron chi connectivity index (χ4n) is 5.30. The molecule has 14 heteroatoms. The molecule has 1 unspecified atom stereocenters. The summed E-state index contributed by atoms with van der Waals surface area (Å²) in [6.07, 6.45) is 0.694. The number of primary amides is 1. The number of likely N-dealkylation sites (tertiary alicyclic amines) is 1. The number of alkyl halides is 3. The van der Waals surface area contributed by atoms with Crippen LogP contribution in [-0.4, -0.2) is 78.1 Å². The number of nitrogens with zero attached hydrogens (tertiary/aromatic N) is 4. The van der Waals surface area contributed by atoms with Gasteiger partial charge in [0, 0.05) is 39.3 Å². The van der Waals surface area contributed by atoms with E-state index in [0.29, 0.717) is 63.1 Å². The Hall–Kier alpha value is -4.75. The number of aromatic nitrogens is 1. The van der Waals surface area contributed by atoms with Gasteiger partial charge >= 0.3 is 12.2 Å². The van der Waals surface area contributed by atoms with Gasteiger partial charge in [0.15, 0.2) is 5.88 Å². The third-order valence-electron chi connectivity index (χ3n) is 7.86. The van der Waals surface area contributed by atoms with E-state index in [2.05, 4.69) is 22.5 Å². The number of rotatable bonds is 9. The van der Waals surface area contributed by atoms with Crippen LogP contribution in [0.15, 0.2) is 65.9 Å². The van der Waals surface area contributed by atoms with Crippen molar-refractivity contribution >= 4 is 35.0 Å². The highest BCUT2D eigenvalue weighted by Gasteiger charge is 2.37. The summed E-state index contributed by atoms with van der Waals surface area (Å²) in [6, 6.07) is 9.31. The summed E-state index contributed by atoms with van der Waals surface area (Å²) in [6.45, 7) is 7.66. The van der Waals surface area contributed by atoms with Crippen molar-refractivity contribution in [1.29, 1.82) is 0 Å². The lowest BCUT2D eigenvalue weighted by Gasteiger charge is -2.35. The molecule has 11 nitrogen and oxygen atoms in total. The molecular formula is C32H40F3N7O4. The molecule has 2 aromatic rings. The van der Waals surface area contributed by atoms with Crippen LogP contribution in [0.3, 0.4) is 0 Å². The molecule has 2 saturated heterocycles. The topological polar surface area (TPSA) is 133 Å². The molecule has 1 aromatic carbocycles. The van der Waals surface area contributed by atoms with Crippen molar-refractivity contribution in [3.05, 3.63) is 71.4 Å². The Balaban J connectivity index is 1.39. The number of hydrogen-bond donors (Lipinski definition) is 3. The van der Waals surface area contributed by atoms with Crippen molar-refractivity contribution < 1.29 is 32.3 Å². The number of nitrogens with one attached hydrogen (secondary N) is 2. The normalized spacial score (nSPS) is 18.1. The number of piperazine rings is 1. The first kappa shape index (κ1) is 34.1. The number of nitrogens with two attached hydrogens (primary N) is 1. The average molecular weight is 644 g/mol. The number of ether oxygens (including phenoxy) is 1. The molecule has 4 amide bonds. The van der Waals surface area contributed by atoms with Crippen molar-refractivity contribution in [3.63, 3.8) is 0 Å². The van der Waals surface area contributed by atoms with Crippen LogP contribution in [0, 0.1) is 5.92 Å². The van der Waals surface area contributed by atoms with Gasteiger partial charge < -0.3 is 35.8 Å². The van der Waals surface area contributed by atoms with Crippen molar-refractivity contribution in [2.45, 2.75) is 46.2 Å². The molecule has 248 valence electrons. The largest absolute Gasteiger partial charge is 0.435 e. The van der Waals surface area contributed by atoms with Crippen LogP contribution in [0.5, 0.6) is 0 Å². The highest BCUT2D eigenvalue weighted by Crippen LogP contribution is 2.31. The number of pyridine rings is 1. The van der Waals surface area contributed by atoms with E-state index in [1.807, 2.05) is 16.7 Å². The number of urea groups is 1. The van der Waals surface area contributed by atoms with Gasteiger partial charge in [0.05, 0.1) is 28.7 Å². The Kier molecular flexibility index (Phi) is 11.1. The second-order valence-corrected chi connectivity index (χ2v) is 11.4. The summed E-state index contributed by atoms with van der Waals surface area (Å²) in [5, 5.41) is 5.23. The Morgan fingerprint density at radius 3 is 2.37 bits per heavy atom. The van der Waals surface area contributed by atoms with Crippen molar-refractivity contribution in [1.82, 2.24) is 14.8 Å². The van der Waals surface area contributed by atoms with Gasteiger partial charge in [-0.3, -0.25) is 9.59 Å². The van der Waals surface area contributed by atoms with Gasteiger partial charge in [-0.2, -0.15) is 13.2 Å². The molecule has 4 rings (SSSR count). The van der Waals surface area contributed by atoms with Crippen LogP contribution in [0.25, 0.3) is 0 Å². The second kappa shape index (κ2) is 15.0. The van der Waals surface area contributed by atoms with Gasteiger partial charge in [0.1, 0.15) is 5.82 Å². The molecule has 1 atom stereocenters. The lowest BCUT2D eigenvalue weighted by molar-refractivity contribution is -0.119. The minimum Gasteiger partial charge on any atom is -0.435 e.